The van der Waals surface area contributed by atoms with Crippen LogP contribution in [0.4, 0.5) is 0 Å². The molecule has 1 aliphatic rings. The molecule has 0 aliphatic heterocycles. The van der Waals surface area contributed by atoms with E-state index in [1.54, 1.807) is 17.0 Å². The minimum atomic E-state index is -0.282. The molecule has 3 rings (SSSR count). The molecule has 1 amide bonds. The molecular formula is C16H19N3O2. The Hall–Kier alpha value is -2.17. The number of fused-ring (bicyclic) bond motifs is 1. The van der Waals surface area contributed by atoms with Crippen LogP contribution in [0.2, 0.25) is 0 Å². The number of hydrogen-bond acceptors (Lipinski definition) is 4. The second-order valence-electron chi connectivity index (χ2n) is 5.58. The van der Waals surface area contributed by atoms with Gasteiger partial charge in [-0.05, 0) is 37.3 Å². The summed E-state index contributed by atoms with van der Waals surface area (Å²) in [5, 5.41) is 10.0. The van der Waals surface area contributed by atoms with Gasteiger partial charge in [0.15, 0.2) is 5.69 Å². The molecule has 1 aromatic carbocycles. The zero-order valence-electron chi connectivity index (χ0n) is 12.1. The third kappa shape index (κ3) is 2.96. The van der Waals surface area contributed by atoms with Gasteiger partial charge in [-0.2, -0.15) is 0 Å². The van der Waals surface area contributed by atoms with Crippen LogP contribution in [0.25, 0.3) is 11.0 Å². The van der Waals surface area contributed by atoms with Gasteiger partial charge in [0.05, 0.1) is 11.0 Å². The number of carbonyl (C=O) groups is 1. The van der Waals surface area contributed by atoms with Gasteiger partial charge in [0, 0.05) is 13.1 Å². The summed E-state index contributed by atoms with van der Waals surface area (Å²) in [6.07, 6.45) is 3.26. The Morgan fingerprint density at radius 3 is 2.57 bits per heavy atom. The molecule has 1 N–H and O–H groups in total. The maximum atomic E-state index is 12.6. The lowest BCUT2D eigenvalue weighted by Crippen LogP contribution is -2.34. The standard InChI is InChI=1S/C16H19N3O2/c1-2-9-19(10-11-7-8-11)16(21)14-15(20)18-13-6-4-3-5-12(13)17-14/h3-6,11H,2,7-10H2,1H3,(H,18,20). The van der Waals surface area contributed by atoms with Crippen LogP contribution >= 0.6 is 0 Å². The molecule has 0 saturated heterocycles. The molecule has 5 heteroatoms. The van der Waals surface area contributed by atoms with Crippen molar-refractivity contribution in [2.45, 2.75) is 26.2 Å². The predicted molar refractivity (Wildman–Crippen MR) is 80.1 cm³/mol. The quantitative estimate of drug-likeness (QED) is 0.917. The number of nitrogens with zero attached hydrogens (tertiary/aromatic N) is 3. The third-order valence-corrected chi connectivity index (χ3v) is 3.71. The van der Waals surface area contributed by atoms with E-state index in [4.69, 9.17) is 0 Å². The summed E-state index contributed by atoms with van der Waals surface area (Å²) in [4.78, 5) is 22.8. The van der Waals surface area contributed by atoms with Crippen molar-refractivity contribution in [2.24, 2.45) is 5.92 Å². The van der Waals surface area contributed by atoms with Crippen molar-refractivity contribution in [2.75, 3.05) is 13.1 Å². The molecule has 0 spiro atoms. The Morgan fingerprint density at radius 2 is 1.95 bits per heavy atom. The fourth-order valence-corrected chi connectivity index (χ4v) is 2.44. The van der Waals surface area contributed by atoms with Crippen LogP contribution in [-0.4, -0.2) is 39.0 Å². The van der Waals surface area contributed by atoms with Crippen molar-refractivity contribution in [3.8, 4) is 5.88 Å². The predicted octanol–water partition coefficient (Wildman–Crippen LogP) is 2.60. The molecule has 0 bridgehead atoms. The number of carbonyl (C=O) groups excluding carboxylic acids is 1. The number of rotatable bonds is 5. The summed E-state index contributed by atoms with van der Waals surface area (Å²) >= 11 is 0. The van der Waals surface area contributed by atoms with E-state index in [0.29, 0.717) is 23.5 Å². The molecule has 110 valence electrons. The molecule has 5 nitrogen and oxygen atoms in total. The van der Waals surface area contributed by atoms with Gasteiger partial charge >= 0.3 is 0 Å². The molecule has 1 aromatic heterocycles. The average Bonchev–Trinajstić information content (AvgIpc) is 3.29. The highest BCUT2D eigenvalue weighted by atomic mass is 16.3. The van der Waals surface area contributed by atoms with Crippen LogP contribution in [0.1, 0.15) is 36.7 Å². The lowest BCUT2D eigenvalue weighted by atomic mass is 10.2. The third-order valence-electron chi connectivity index (χ3n) is 3.71. The highest BCUT2D eigenvalue weighted by Gasteiger charge is 2.29. The number of aromatic nitrogens is 2. The van der Waals surface area contributed by atoms with E-state index in [1.165, 1.54) is 12.8 Å². The van der Waals surface area contributed by atoms with Gasteiger partial charge in [0.25, 0.3) is 5.91 Å². The van der Waals surface area contributed by atoms with Crippen molar-refractivity contribution < 1.29 is 9.90 Å². The van der Waals surface area contributed by atoms with Crippen LogP contribution in [0, 0.1) is 5.92 Å². The Kier molecular flexibility index (Phi) is 3.73. The van der Waals surface area contributed by atoms with Crippen LogP contribution in [0.15, 0.2) is 24.3 Å². The summed E-state index contributed by atoms with van der Waals surface area (Å²) in [6, 6.07) is 7.23. The Balaban J connectivity index is 1.92. The van der Waals surface area contributed by atoms with Crippen molar-refractivity contribution in [1.82, 2.24) is 14.9 Å². The Morgan fingerprint density at radius 1 is 1.29 bits per heavy atom. The summed E-state index contributed by atoms with van der Waals surface area (Å²) < 4.78 is 0. The maximum absolute atomic E-state index is 12.6. The van der Waals surface area contributed by atoms with E-state index >= 15 is 0 Å². The Bertz CT molecular complexity index is 668. The number of para-hydroxylation sites is 2. The number of benzene rings is 1. The second kappa shape index (κ2) is 5.68. The van der Waals surface area contributed by atoms with E-state index in [9.17, 15) is 9.90 Å². The largest absolute Gasteiger partial charge is 0.492 e. The van der Waals surface area contributed by atoms with Crippen molar-refractivity contribution >= 4 is 16.9 Å². The highest BCUT2D eigenvalue weighted by molar-refractivity contribution is 5.96. The molecular weight excluding hydrogens is 266 g/mol. The van der Waals surface area contributed by atoms with Gasteiger partial charge < -0.3 is 10.0 Å². The van der Waals surface area contributed by atoms with E-state index in [2.05, 4.69) is 9.97 Å². The first-order valence-electron chi connectivity index (χ1n) is 7.44. The first kappa shape index (κ1) is 13.8. The zero-order chi connectivity index (χ0) is 14.8. The summed E-state index contributed by atoms with van der Waals surface area (Å²) in [5.41, 5.74) is 1.28. The number of aromatic hydroxyl groups is 1. The average molecular weight is 285 g/mol. The number of hydrogen-bond donors (Lipinski definition) is 1. The fourth-order valence-electron chi connectivity index (χ4n) is 2.44. The van der Waals surface area contributed by atoms with Crippen LogP contribution in [0.3, 0.4) is 0 Å². The van der Waals surface area contributed by atoms with E-state index in [1.807, 2.05) is 19.1 Å². The van der Waals surface area contributed by atoms with E-state index in [0.717, 1.165) is 13.0 Å². The molecule has 1 aliphatic carbocycles. The fraction of sp³-hybridized carbons (Fsp3) is 0.438. The Labute approximate surface area is 123 Å². The smallest absolute Gasteiger partial charge is 0.278 e. The van der Waals surface area contributed by atoms with Gasteiger partial charge in [-0.25, -0.2) is 9.97 Å². The van der Waals surface area contributed by atoms with E-state index in [-0.39, 0.29) is 17.5 Å². The SMILES string of the molecule is CCCN(CC1CC1)C(=O)c1nc2ccccc2nc1O. The molecule has 0 unspecified atom stereocenters. The van der Waals surface area contributed by atoms with Gasteiger partial charge in [0.2, 0.25) is 5.88 Å². The minimum absolute atomic E-state index is 0.0581. The van der Waals surface area contributed by atoms with Crippen molar-refractivity contribution in [1.29, 1.82) is 0 Å². The van der Waals surface area contributed by atoms with Crippen molar-refractivity contribution in [3.63, 3.8) is 0 Å². The highest BCUT2D eigenvalue weighted by Crippen LogP contribution is 2.30. The molecule has 2 aromatic rings. The van der Waals surface area contributed by atoms with Gasteiger partial charge in [-0.1, -0.05) is 19.1 Å². The van der Waals surface area contributed by atoms with Crippen molar-refractivity contribution in [3.05, 3.63) is 30.0 Å². The van der Waals surface area contributed by atoms with Crippen LogP contribution in [0.5, 0.6) is 5.88 Å². The molecule has 0 radical (unpaired) electrons. The molecule has 1 fully saturated rings. The number of amides is 1. The first-order valence-corrected chi connectivity index (χ1v) is 7.44. The van der Waals surface area contributed by atoms with Crippen LogP contribution < -0.4 is 0 Å². The van der Waals surface area contributed by atoms with E-state index < -0.39 is 0 Å². The lowest BCUT2D eigenvalue weighted by molar-refractivity contribution is 0.0738. The molecule has 1 heterocycles. The summed E-state index contributed by atoms with van der Waals surface area (Å²) in [6.45, 7) is 3.48. The summed E-state index contributed by atoms with van der Waals surface area (Å²) in [7, 11) is 0. The zero-order valence-corrected chi connectivity index (χ0v) is 12.1. The van der Waals surface area contributed by atoms with Gasteiger partial charge in [-0.3, -0.25) is 4.79 Å². The summed E-state index contributed by atoms with van der Waals surface area (Å²) in [5.74, 6) is 0.103. The van der Waals surface area contributed by atoms with Gasteiger partial charge in [-0.15, -0.1) is 0 Å². The molecule has 0 atom stereocenters. The minimum Gasteiger partial charge on any atom is -0.492 e. The molecule has 1 saturated carbocycles. The normalized spacial score (nSPS) is 14.3. The lowest BCUT2D eigenvalue weighted by Gasteiger charge is -2.21. The molecule has 21 heavy (non-hydrogen) atoms. The van der Waals surface area contributed by atoms with Gasteiger partial charge in [0.1, 0.15) is 0 Å². The monoisotopic (exact) mass is 285 g/mol. The maximum Gasteiger partial charge on any atom is 0.278 e. The second-order valence-corrected chi connectivity index (χ2v) is 5.58. The first-order chi connectivity index (χ1) is 10.2. The van der Waals surface area contributed by atoms with Crippen LogP contribution in [-0.2, 0) is 0 Å². The topological polar surface area (TPSA) is 66.3 Å².